The summed E-state index contributed by atoms with van der Waals surface area (Å²) in [4.78, 5) is 12.3. The molecule has 128 valence electrons. The molecule has 7 nitrogen and oxygen atoms in total. The molecule has 0 bridgehead atoms. The zero-order chi connectivity index (χ0) is 17.9. The Balaban J connectivity index is 1.75. The van der Waals surface area contributed by atoms with Crippen LogP contribution in [0, 0.1) is 0 Å². The van der Waals surface area contributed by atoms with E-state index in [2.05, 4.69) is 15.2 Å². The molecule has 0 saturated carbocycles. The van der Waals surface area contributed by atoms with Gasteiger partial charge in [-0.3, -0.25) is 9.52 Å². The van der Waals surface area contributed by atoms with Crippen LogP contribution >= 0.6 is 0 Å². The van der Waals surface area contributed by atoms with E-state index in [1.54, 1.807) is 24.3 Å². The fourth-order valence-electron chi connectivity index (χ4n) is 2.19. The largest absolute Gasteiger partial charge is 0.350 e. The summed E-state index contributed by atoms with van der Waals surface area (Å²) in [5, 5.41) is 6.53. The van der Waals surface area contributed by atoms with Crippen LogP contribution in [0.25, 0.3) is 11.3 Å². The van der Waals surface area contributed by atoms with Crippen molar-refractivity contribution < 1.29 is 17.7 Å². The SMILES string of the molecule is CS(=O)(=O)Nc1cccc(NC(=O)c2cc(-c3ccccc3)no2)c1. The molecule has 8 heteroatoms. The summed E-state index contributed by atoms with van der Waals surface area (Å²) in [7, 11) is -3.39. The van der Waals surface area contributed by atoms with Gasteiger partial charge in [0.15, 0.2) is 0 Å². The monoisotopic (exact) mass is 357 g/mol. The van der Waals surface area contributed by atoms with E-state index in [4.69, 9.17) is 4.52 Å². The zero-order valence-electron chi connectivity index (χ0n) is 13.3. The van der Waals surface area contributed by atoms with Crippen LogP contribution in [-0.4, -0.2) is 25.7 Å². The average molecular weight is 357 g/mol. The van der Waals surface area contributed by atoms with E-state index in [1.165, 1.54) is 6.07 Å². The molecule has 0 radical (unpaired) electrons. The molecule has 0 aliphatic rings. The zero-order valence-corrected chi connectivity index (χ0v) is 14.1. The van der Waals surface area contributed by atoms with Gasteiger partial charge in [0, 0.05) is 17.3 Å². The number of hydrogen-bond donors (Lipinski definition) is 2. The highest BCUT2D eigenvalue weighted by Crippen LogP contribution is 2.20. The molecule has 2 aromatic carbocycles. The molecule has 0 atom stereocenters. The van der Waals surface area contributed by atoms with Crippen molar-refractivity contribution in [3.05, 3.63) is 66.4 Å². The number of rotatable bonds is 5. The first kappa shape index (κ1) is 16.7. The molecule has 3 aromatic rings. The summed E-state index contributed by atoms with van der Waals surface area (Å²) in [6.45, 7) is 0. The molecule has 1 heterocycles. The standard InChI is InChI=1S/C17H15N3O4S/c1-25(22,23)20-14-9-5-8-13(10-14)18-17(21)16-11-15(19-24-16)12-6-3-2-4-7-12/h2-11,20H,1H3,(H,18,21). The van der Waals surface area contributed by atoms with Crippen molar-refractivity contribution in [2.45, 2.75) is 0 Å². The third-order valence-corrected chi connectivity index (χ3v) is 3.83. The predicted molar refractivity (Wildman–Crippen MR) is 94.8 cm³/mol. The van der Waals surface area contributed by atoms with Crippen LogP contribution in [0.15, 0.2) is 65.2 Å². The van der Waals surface area contributed by atoms with Crippen molar-refractivity contribution in [1.29, 1.82) is 0 Å². The average Bonchev–Trinajstić information content (AvgIpc) is 3.04. The van der Waals surface area contributed by atoms with Crippen LogP contribution in [0.3, 0.4) is 0 Å². The molecule has 2 N–H and O–H groups in total. The second-order valence-electron chi connectivity index (χ2n) is 5.35. The van der Waals surface area contributed by atoms with E-state index in [0.717, 1.165) is 11.8 Å². The van der Waals surface area contributed by atoms with Crippen LogP contribution in [-0.2, 0) is 10.0 Å². The molecule has 0 fully saturated rings. The highest BCUT2D eigenvalue weighted by atomic mass is 32.2. The number of anilines is 2. The molecule has 3 rings (SSSR count). The quantitative estimate of drug-likeness (QED) is 0.731. The van der Waals surface area contributed by atoms with E-state index >= 15 is 0 Å². The van der Waals surface area contributed by atoms with Crippen molar-refractivity contribution in [2.75, 3.05) is 16.3 Å². The lowest BCUT2D eigenvalue weighted by Gasteiger charge is -2.07. The van der Waals surface area contributed by atoms with Gasteiger partial charge in [0.25, 0.3) is 5.91 Å². The summed E-state index contributed by atoms with van der Waals surface area (Å²) in [5.74, 6) is -0.425. The highest BCUT2D eigenvalue weighted by molar-refractivity contribution is 7.92. The Morgan fingerprint density at radius 2 is 1.72 bits per heavy atom. The summed E-state index contributed by atoms with van der Waals surface area (Å²) in [6.07, 6.45) is 1.05. The molecular weight excluding hydrogens is 342 g/mol. The Morgan fingerprint density at radius 3 is 2.44 bits per heavy atom. The first-order valence-electron chi connectivity index (χ1n) is 7.32. The number of aromatic nitrogens is 1. The molecule has 0 aliphatic carbocycles. The number of benzene rings is 2. The van der Waals surface area contributed by atoms with Gasteiger partial charge < -0.3 is 9.84 Å². The topological polar surface area (TPSA) is 101 Å². The Bertz CT molecular complexity index is 997. The Kier molecular flexibility index (Phi) is 4.53. The first-order chi connectivity index (χ1) is 11.9. The molecule has 0 unspecified atom stereocenters. The van der Waals surface area contributed by atoms with Crippen LogP contribution < -0.4 is 10.0 Å². The molecule has 0 spiro atoms. The van der Waals surface area contributed by atoms with Crippen molar-refractivity contribution in [1.82, 2.24) is 5.16 Å². The minimum Gasteiger partial charge on any atom is -0.350 e. The summed E-state index contributed by atoms with van der Waals surface area (Å²) >= 11 is 0. The lowest BCUT2D eigenvalue weighted by molar-refractivity contribution is 0.0988. The smallest absolute Gasteiger partial charge is 0.294 e. The Morgan fingerprint density at radius 1 is 1.00 bits per heavy atom. The van der Waals surface area contributed by atoms with Gasteiger partial charge in [-0.1, -0.05) is 41.6 Å². The molecular formula is C17H15N3O4S. The van der Waals surface area contributed by atoms with Crippen molar-refractivity contribution >= 4 is 27.3 Å². The maximum Gasteiger partial charge on any atom is 0.294 e. The van der Waals surface area contributed by atoms with Crippen molar-refractivity contribution in [3.63, 3.8) is 0 Å². The normalized spacial score (nSPS) is 11.1. The third kappa shape index (κ3) is 4.45. The number of nitrogens with one attached hydrogen (secondary N) is 2. The maximum atomic E-state index is 12.3. The number of amides is 1. The van der Waals surface area contributed by atoms with Gasteiger partial charge in [-0.2, -0.15) is 0 Å². The van der Waals surface area contributed by atoms with Gasteiger partial charge in [0.05, 0.1) is 11.9 Å². The van der Waals surface area contributed by atoms with E-state index < -0.39 is 15.9 Å². The van der Waals surface area contributed by atoms with Crippen LogP contribution in [0.4, 0.5) is 11.4 Å². The second kappa shape index (κ2) is 6.78. The number of carbonyl (C=O) groups excluding carboxylic acids is 1. The Labute approximate surface area is 144 Å². The number of hydrogen-bond acceptors (Lipinski definition) is 5. The molecule has 1 amide bonds. The van der Waals surface area contributed by atoms with Crippen molar-refractivity contribution in [2.24, 2.45) is 0 Å². The lowest BCUT2D eigenvalue weighted by Crippen LogP contribution is -2.12. The lowest BCUT2D eigenvalue weighted by atomic mass is 10.1. The van der Waals surface area contributed by atoms with Gasteiger partial charge >= 0.3 is 0 Å². The Hall–Kier alpha value is -3.13. The minimum atomic E-state index is -3.39. The fourth-order valence-corrected chi connectivity index (χ4v) is 2.75. The molecule has 0 aliphatic heterocycles. The van der Waals surface area contributed by atoms with E-state index in [-0.39, 0.29) is 5.76 Å². The van der Waals surface area contributed by atoms with Gasteiger partial charge in [-0.25, -0.2) is 8.42 Å². The van der Waals surface area contributed by atoms with E-state index in [9.17, 15) is 13.2 Å². The van der Waals surface area contributed by atoms with Crippen LogP contribution in [0.2, 0.25) is 0 Å². The highest BCUT2D eigenvalue weighted by Gasteiger charge is 2.14. The summed E-state index contributed by atoms with van der Waals surface area (Å²) in [6, 6.07) is 17.2. The fraction of sp³-hybridized carbons (Fsp3) is 0.0588. The van der Waals surface area contributed by atoms with E-state index in [1.807, 2.05) is 30.3 Å². The predicted octanol–water partition coefficient (Wildman–Crippen LogP) is 2.97. The van der Waals surface area contributed by atoms with Crippen molar-refractivity contribution in [3.8, 4) is 11.3 Å². The number of nitrogens with zero attached hydrogens (tertiary/aromatic N) is 1. The van der Waals surface area contributed by atoms with Gasteiger partial charge in [0.2, 0.25) is 15.8 Å². The molecule has 25 heavy (non-hydrogen) atoms. The number of carbonyl (C=O) groups is 1. The van der Waals surface area contributed by atoms with Crippen LogP contribution in [0.1, 0.15) is 10.6 Å². The molecule has 1 aromatic heterocycles. The maximum absolute atomic E-state index is 12.3. The number of sulfonamides is 1. The molecule has 0 saturated heterocycles. The van der Waals surface area contributed by atoms with Gasteiger partial charge in [-0.15, -0.1) is 0 Å². The second-order valence-corrected chi connectivity index (χ2v) is 7.10. The first-order valence-corrected chi connectivity index (χ1v) is 9.21. The van der Waals surface area contributed by atoms with Gasteiger partial charge in [-0.05, 0) is 18.2 Å². The third-order valence-electron chi connectivity index (χ3n) is 3.23. The van der Waals surface area contributed by atoms with Crippen LogP contribution in [0.5, 0.6) is 0 Å². The summed E-state index contributed by atoms with van der Waals surface area (Å²) < 4.78 is 30.0. The summed E-state index contributed by atoms with van der Waals surface area (Å²) in [5.41, 5.74) is 2.17. The minimum absolute atomic E-state index is 0.0559. The van der Waals surface area contributed by atoms with Gasteiger partial charge in [0.1, 0.15) is 5.69 Å². The van der Waals surface area contributed by atoms with E-state index in [0.29, 0.717) is 17.1 Å².